The van der Waals surface area contributed by atoms with E-state index in [1.807, 2.05) is 12.1 Å². The molecule has 2 rings (SSSR count). The van der Waals surface area contributed by atoms with Gasteiger partial charge in [-0.25, -0.2) is 4.98 Å². The molecule has 0 bridgehead atoms. The first-order chi connectivity index (χ1) is 8.94. The molecule has 2 aromatic rings. The molecule has 0 aliphatic rings. The molecule has 0 saturated carbocycles. The number of rotatable bonds is 5. The maximum Gasteiger partial charge on any atom is 0.389 e. The average Bonchev–Trinajstić information content (AvgIpc) is 2.68. The number of unbranched alkanes of at least 4 members (excludes halogenated alkanes) is 1. The highest BCUT2D eigenvalue weighted by Crippen LogP contribution is 2.28. The number of anilines is 1. The largest absolute Gasteiger partial charge is 0.389 e. The molecule has 0 unspecified atom stereocenters. The highest BCUT2D eigenvalue weighted by atomic mass is 35.5. The lowest BCUT2D eigenvalue weighted by Gasteiger charge is -2.05. The number of halogens is 4. The number of nitrogens with one attached hydrogen (secondary N) is 1. The number of benzene rings is 1. The Kier molecular flexibility index (Phi) is 4.52. The van der Waals surface area contributed by atoms with Crippen LogP contribution in [0.2, 0.25) is 5.02 Å². The van der Waals surface area contributed by atoms with Crippen molar-refractivity contribution in [3.05, 3.63) is 23.2 Å². The smallest absolute Gasteiger partial charge is 0.361 e. The molecule has 0 aliphatic heterocycles. The fraction of sp³-hybridized carbons (Fsp3) is 0.417. The molecule has 104 valence electrons. The molecule has 0 radical (unpaired) electrons. The van der Waals surface area contributed by atoms with Crippen LogP contribution in [0.4, 0.5) is 18.3 Å². The summed E-state index contributed by atoms with van der Waals surface area (Å²) in [5.41, 5.74) is 0.840. The highest BCUT2D eigenvalue weighted by Gasteiger charge is 2.25. The lowest BCUT2D eigenvalue weighted by molar-refractivity contribution is -0.135. The standard InChI is InChI=1S/C12H12ClF3N2S/c13-8-3-4-9-10(7-8)19-11(18-9)17-6-2-1-5-12(14,15)16/h3-4,7H,1-2,5-6H2,(H,17,18). The lowest BCUT2D eigenvalue weighted by atomic mass is 10.2. The second-order valence-electron chi connectivity index (χ2n) is 4.13. The minimum absolute atomic E-state index is 0.132. The number of thiazole rings is 1. The Morgan fingerprint density at radius 1 is 1.26 bits per heavy atom. The van der Waals surface area contributed by atoms with Gasteiger partial charge in [-0.05, 0) is 31.0 Å². The normalized spacial score (nSPS) is 12.0. The van der Waals surface area contributed by atoms with Gasteiger partial charge in [0, 0.05) is 18.0 Å². The number of fused-ring (bicyclic) bond motifs is 1. The first-order valence-electron chi connectivity index (χ1n) is 5.81. The van der Waals surface area contributed by atoms with Crippen molar-refractivity contribution < 1.29 is 13.2 Å². The molecule has 1 N–H and O–H groups in total. The van der Waals surface area contributed by atoms with Crippen molar-refractivity contribution in [2.45, 2.75) is 25.4 Å². The summed E-state index contributed by atoms with van der Waals surface area (Å²) in [7, 11) is 0. The monoisotopic (exact) mass is 308 g/mol. The third kappa shape index (κ3) is 4.54. The van der Waals surface area contributed by atoms with Crippen LogP contribution < -0.4 is 5.32 Å². The van der Waals surface area contributed by atoms with E-state index in [0.717, 1.165) is 10.2 Å². The summed E-state index contributed by atoms with van der Waals surface area (Å²) in [5.74, 6) is 0. The number of nitrogens with zero attached hydrogens (tertiary/aromatic N) is 1. The van der Waals surface area contributed by atoms with Crippen molar-refractivity contribution in [3.63, 3.8) is 0 Å². The molecule has 0 amide bonds. The van der Waals surface area contributed by atoms with E-state index in [2.05, 4.69) is 10.3 Å². The molecule has 0 fully saturated rings. The number of hydrogen-bond donors (Lipinski definition) is 1. The van der Waals surface area contributed by atoms with E-state index in [1.165, 1.54) is 11.3 Å². The SMILES string of the molecule is FC(F)(F)CCCCNc1nc2ccc(Cl)cc2s1. The van der Waals surface area contributed by atoms with E-state index in [9.17, 15) is 13.2 Å². The van der Waals surface area contributed by atoms with E-state index in [-0.39, 0.29) is 6.42 Å². The Hall–Kier alpha value is -1.01. The Bertz CT molecular complexity index is 553. The molecule has 0 atom stereocenters. The van der Waals surface area contributed by atoms with Gasteiger partial charge in [0.2, 0.25) is 0 Å². The molecule has 7 heteroatoms. The minimum atomic E-state index is -4.06. The molecule has 1 aromatic carbocycles. The zero-order valence-electron chi connectivity index (χ0n) is 9.93. The van der Waals surface area contributed by atoms with Crippen molar-refractivity contribution in [1.82, 2.24) is 4.98 Å². The van der Waals surface area contributed by atoms with E-state index in [4.69, 9.17) is 11.6 Å². The van der Waals surface area contributed by atoms with Crippen molar-refractivity contribution in [2.24, 2.45) is 0 Å². The average molecular weight is 309 g/mol. The van der Waals surface area contributed by atoms with Crippen molar-refractivity contribution in [3.8, 4) is 0 Å². The van der Waals surface area contributed by atoms with Gasteiger partial charge in [0.25, 0.3) is 0 Å². The van der Waals surface area contributed by atoms with Gasteiger partial charge < -0.3 is 5.32 Å². The summed E-state index contributed by atoms with van der Waals surface area (Å²) in [4.78, 5) is 4.33. The van der Waals surface area contributed by atoms with Crippen molar-refractivity contribution in [2.75, 3.05) is 11.9 Å². The quantitative estimate of drug-likeness (QED) is 0.778. The van der Waals surface area contributed by atoms with Crippen LogP contribution >= 0.6 is 22.9 Å². The summed E-state index contributed by atoms with van der Waals surface area (Å²) in [6.07, 6.45) is -4.19. The summed E-state index contributed by atoms with van der Waals surface area (Å²) in [6.45, 7) is 0.490. The third-order valence-electron chi connectivity index (χ3n) is 2.51. The summed E-state index contributed by atoms with van der Waals surface area (Å²) >= 11 is 7.31. The highest BCUT2D eigenvalue weighted by molar-refractivity contribution is 7.22. The Morgan fingerprint density at radius 3 is 2.79 bits per heavy atom. The summed E-state index contributed by atoms with van der Waals surface area (Å²) < 4.78 is 36.8. The predicted octanol–water partition coefficient (Wildman–Crippen LogP) is 5.09. The third-order valence-corrected chi connectivity index (χ3v) is 3.72. The van der Waals surface area contributed by atoms with Crippen LogP contribution in [0.3, 0.4) is 0 Å². The first kappa shape index (κ1) is 14.4. The molecular weight excluding hydrogens is 297 g/mol. The van der Waals surface area contributed by atoms with Gasteiger partial charge in [-0.2, -0.15) is 13.2 Å². The van der Waals surface area contributed by atoms with E-state index in [0.29, 0.717) is 23.1 Å². The Balaban J connectivity index is 1.82. The van der Waals surface area contributed by atoms with Crippen molar-refractivity contribution in [1.29, 1.82) is 0 Å². The molecule has 2 nitrogen and oxygen atoms in total. The second-order valence-corrected chi connectivity index (χ2v) is 5.60. The summed E-state index contributed by atoms with van der Waals surface area (Å²) in [5, 5.41) is 4.40. The Labute approximate surface area is 117 Å². The summed E-state index contributed by atoms with van der Waals surface area (Å²) in [6, 6.07) is 5.41. The van der Waals surface area contributed by atoms with Gasteiger partial charge in [-0.15, -0.1) is 0 Å². The van der Waals surface area contributed by atoms with Gasteiger partial charge in [-0.3, -0.25) is 0 Å². The van der Waals surface area contributed by atoms with E-state index < -0.39 is 12.6 Å². The van der Waals surface area contributed by atoms with Crippen LogP contribution in [0.1, 0.15) is 19.3 Å². The minimum Gasteiger partial charge on any atom is -0.361 e. The topological polar surface area (TPSA) is 24.9 Å². The zero-order valence-corrected chi connectivity index (χ0v) is 11.5. The zero-order chi connectivity index (χ0) is 13.9. The molecule has 0 aliphatic carbocycles. The van der Waals surface area contributed by atoms with E-state index >= 15 is 0 Å². The molecule has 1 aromatic heterocycles. The maximum atomic E-state index is 11.9. The van der Waals surface area contributed by atoms with Crippen LogP contribution in [-0.4, -0.2) is 17.7 Å². The van der Waals surface area contributed by atoms with Crippen molar-refractivity contribution >= 4 is 38.3 Å². The van der Waals surface area contributed by atoms with Crippen LogP contribution in [0.5, 0.6) is 0 Å². The predicted molar refractivity (Wildman–Crippen MR) is 73.0 cm³/mol. The molecule has 0 spiro atoms. The maximum absolute atomic E-state index is 11.9. The second kappa shape index (κ2) is 5.96. The van der Waals surface area contributed by atoms with Crippen LogP contribution in [0, 0.1) is 0 Å². The lowest BCUT2D eigenvalue weighted by Crippen LogP contribution is -2.08. The molecule has 1 heterocycles. The number of hydrogen-bond acceptors (Lipinski definition) is 3. The van der Waals surface area contributed by atoms with Gasteiger partial charge in [0.15, 0.2) is 5.13 Å². The fourth-order valence-electron chi connectivity index (χ4n) is 1.62. The molecule has 0 saturated heterocycles. The van der Waals surface area contributed by atoms with E-state index in [1.54, 1.807) is 6.07 Å². The van der Waals surface area contributed by atoms with Crippen LogP contribution in [0.25, 0.3) is 10.2 Å². The van der Waals surface area contributed by atoms with Gasteiger partial charge >= 0.3 is 6.18 Å². The van der Waals surface area contributed by atoms with Gasteiger partial charge in [0.05, 0.1) is 10.2 Å². The molecule has 19 heavy (non-hydrogen) atoms. The van der Waals surface area contributed by atoms with Crippen LogP contribution in [0.15, 0.2) is 18.2 Å². The van der Waals surface area contributed by atoms with Crippen LogP contribution in [-0.2, 0) is 0 Å². The number of aromatic nitrogens is 1. The van der Waals surface area contributed by atoms with Gasteiger partial charge in [-0.1, -0.05) is 22.9 Å². The fourth-order valence-corrected chi connectivity index (χ4v) is 2.79. The number of alkyl halides is 3. The Morgan fingerprint density at radius 2 is 2.05 bits per heavy atom. The van der Waals surface area contributed by atoms with Gasteiger partial charge in [0.1, 0.15) is 0 Å². The first-order valence-corrected chi connectivity index (χ1v) is 7.00. The molecular formula is C12H12ClF3N2S.